The van der Waals surface area contributed by atoms with Crippen molar-refractivity contribution >= 4 is 5.91 Å². The summed E-state index contributed by atoms with van der Waals surface area (Å²) in [4.78, 5) is 16.9. The number of carbonyl (C=O) groups is 1. The zero-order valence-corrected chi connectivity index (χ0v) is 27.0. The van der Waals surface area contributed by atoms with Gasteiger partial charge >= 0.3 is 0 Å². The molecule has 1 N–H and O–H groups in total. The Hall–Kier alpha value is -1.66. The summed E-state index contributed by atoms with van der Waals surface area (Å²) in [5.41, 5.74) is 3.26. The first-order valence-corrected chi connectivity index (χ1v) is 16.6. The van der Waals surface area contributed by atoms with Gasteiger partial charge in [-0.1, -0.05) is 90.9 Å². The van der Waals surface area contributed by atoms with E-state index >= 15 is 0 Å². The summed E-state index contributed by atoms with van der Waals surface area (Å²) in [6.45, 7) is 11.6. The molecule has 0 saturated heterocycles. The van der Waals surface area contributed by atoms with Crippen LogP contribution in [0.4, 0.5) is 0 Å². The zero-order chi connectivity index (χ0) is 29.3. The Balaban J connectivity index is 1.56. The van der Waals surface area contributed by atoms with Crippen LogP contribution in [-0.2, 0) is 22.7 Å². The molecule has 0 bridgehead atoms. The minimum absolute atomic E-state index is 0.203. The van der Waals surface area contributed by atoms with E-state index in [2.05, 4.69) is 38.2 Å². The molecule has 1 aromatic heterocycles. The summed E-state index contributed by atoms with van der Waals surface area (Å²) in [6.07, 6.45) is 22.8. The largest absolute Gasteiger partial charge is 0.460 e. The molecule has 1 aliphatic rings. The number of nitrogens with zero attached hydrogens (tertiary/aromatic N) is 2. The summed E-state index contributed by atoms with van der Waals surface area (Å²) in [7, 11) is 4.49. The number of ether oxygens (including phenoxy) is 2. The van der Waals surface area contributed by atoms with Crippen molar-refractivity contribution in [3.8, 4) is 5.75 Å². The van der Waals surface area contributed by atoms with Gasteiger partial charge < -0.3 is 19.3 Å². The number of pyridine rings is 1. The van der Waals surface area contributed by atoms with Gasteiger partial charge in [-0.25, -0.2) is 0 Å². The van der Waals surface area contributed by atoms with E-state index in [-0.39, 0.29) is 5.91 Å². The van der Waals surface area contributed by atoms with Crippen LogP contribution in [0.1, 0.15) is 147 Å². The highest BCUT2D eigenvalue weighted by molar-refractivity contribution is 5.75. The molecule has 1 unspecified atom stereocenters. The summed E-state index contributed by atoms with van der Waals surface area (Å²) in [5, 5.41) is 3.14. The molecule has 0 aromatic carbocycles. The maximum Gasteiger partial charge on any atom is 0.219 e. The molecule has 1 aromatic rings. The van der Waals surface area contributed by atoms with Crippen molar-refractivity contribution in [1.29, 1.82) is 0 Å². The molecule has 0 saturated carbocycles. The van der Waals surface area contributed by atoms with Crippen molar-refractivity contribution in [2.24, 2.45) is 0 Å². The van der Waals surface area contributed by atoms with Gasteiger partial charge in [0.15, 0.2) is 0 Å². The van der Waals surface area contributed by atoms with E-state index in [1.54, 1.807) is 0 Å². The number of nitrogens with one attached hydrogen (secondary N) is 1. The van der Waals surface area contributed by atoms with Gasteiger partial charge in [0.25, 0.3) is 0 Å². The lowest BCUT2D eigenvalue weighted by Crippen LogP contribution is -2.42. The van der Waals surface area contributed by atoms with E-state index in [0.29, 0.717) is 13.0 Å². The predicted molar refractivity (Wildman–Crippen MR) is 166 cm³/mol. The maximum absolute atomic E-state index is 12.3. The van der Waals surface area contributed by atoms with Gasteiger partial charge in [0.1, 0.15) is 12.3 Å². The number of hydrogen-bond donors (Lipinski definition) is 1. The quantitative estimate of drug-likeness (QED) is 0.114. The minimum Gasteiger partial charge on any atom is -0.460 e. The number of aromatic nitrogens is 1. The van der Waals surface area contributed by atoms with E-state index in [4.69, 9.17) is 9.47 Å². The number of carbonyl (C=O) groups excluding carboxylic acids is 1. The fourth-order valence-electron chi connectivity index (χ4n) is 5.82. The van der Waals surface area contributed by atoms with Crippen LogP contribution in [-0.4, -0.2) is 48.3 Å². The Kier molecular flexibility index (Phi) is 16.2. The van der Waals surface area contributed by atoms with Crippen molar-refractivity contribution in [2.75, 3.05) is 27.2 Å². The molecule has 6 heteroatoms. The van der Waals surface area contributed by atoms with E-state index < -0.39 is 5.79 Å². The van der Waals surface area contributed by atoms with E-state index in [0.717, 1.165) is 66.8 Å². The van der Waals surface area contributed by atoms with Crippen LogP contribution >= 0.6 is 0 Å². The molecule has 1 atom stereocenters. The fraction of sp³-hybridized carbons (Fsp3) is 0.824. The number of unbranched alkanes of at least 4 members (excludes halogenated alkanes) is 12. The van der Waals surface area contributed by atoms with Gasteiger partial charge in [-0.15, -0.1) is 0 Å². The van der Waals surface area contributed by atoms with Gasteiger partial charge in [0, 0.05) is 50.1 Å². The maximum atomic E-state index is 12.3. The molecule has 0 spiro atoms. The average Bonchev–Trinajstić information content (AvgIpc) is 2.91. The molecule has 0 aliphatic carbocycles. The van der Waals surface area contributed by atoms with Gasteiger partial charge in [0.05, 0.1) is 32.9 Å². The normalized spacial score (nSPS) is 16.9. The van der Waals surface area contributed by atoms with Crippen molar-refractivity contribution in [3.63, 3.8) is 0 Å². The molecule has 0 fully saturated rings. The number of rotatable bonds is 22. The third-order valence-electron chi connectivity index (χ3n) is 8.32. The molecule has 1 amide bonds. The topological polar surface area (TPSA) is 60.5 Å². The second-order valence-electron chi connectivity index (χ2n) is 13.0. The lowest BCUT2D eigenvalue weighted by Gasteiger charge is -2.38. The fourth-order valence-corrected chi connectivity index (χ4v) is 5.82. The standard InChI is InChI=1S/C34H61N3O3/c1-7-9-10-11-12-13-14-15-16-17-18-19-20-22-32(38)35-24-21-25-37(5,6)27-30-26-36-29(3)33-31(30)28-39-34(4,40-33)23-8-2/h26H,7-25,27-28H2,1-6H3/p+1. The van der Waals surface area contributed by atoms with Crippen LogP contribution in [0.25, 0.3) is 0 Å². The van der Waals surface area contributed by atoms with Crippen LogP contribution < -0.4 is 10.1 Å². The Morgan fingerprint density at radius 2 is 1.52 bits per heavy atom. The molecule has 6 nitrogen and oxygen atoms in total. The number of quaternary nitrogens is 1. The SMILES string of the molecule is CCCCCCCCCCCCCCCC(=O)NCCC[N+](C)(C)Cc1cnc(C)c2c1COC(C)(CCC)O2. The molecule has 40 heavy (non-hydrogen) atoms. The van der Waals surface area contributed by atoms with E-state index in [1.807, 2.05) is 20.0 Å². The second kappa shape index (κ2) is 18.7. The van der Waals surface area contributed by atoms with Crippen LogP contribution in [0.15, 0.2) is 6.20 Å². The first kappa shape index (κ1) is 34.5. The third-order valence-corrected chi connectivity index (χ3v) is 8.32. The minimum atomic E-state index is -0.567. The first-order valence-electron chi connectivity index (χ1n) is 16.6. The molecule has 230 valence electrons. The smallest absolute Gasteiger partial charge is 0.219 e. The van der Waals surface area contributed by atoms with E-state index in [9.17, 15) is 4.79 Å². The van der Waals surface area contributed by atoms with Crippen molar-refractivity contribution in [1.82, 2.24) is 10.3 Å². The number of hydrogen-bond acceptors (Lipinski definition) is 4. The summed E-state index contributed by atoms with van der Waals surface area (Å²) in [5.74, 6) is 0.539. The first-order chi connectivity index (χ1) is 19.2. The van der Waals surface area contributed by atoms with Gasteiger partial charge in [0.2, 0.25) is 11.7 Å². The van der Waals surface area contributed by atoms with Gasteiger partial charge in [-0.05, 0) is 19.8 Å². The summed E-state index contributed by atoms with van der Waals surface area (Å²) < 4.78 is 13.3. The third kappa shape index (κ3) is 13.3. The monoisotopic (exact) mass is 560 g/mol. The van der Waals surface area contributed by atoms with Crippen molar-refractivity contribution in [2.45, 2.75) is 156 Å². The summed E-state index contributed by atoms with van der Waals surface area (Å²) in [6, 6.07) is 0. The highest BCUT2D eigenvalue weighted by Crippen LogP contribution is 2.37. The summed E-state index contributed by atoms with van der Waals surface area (Å²) >= 11 is 0. The molecule has 2 heterocycles. The Morgan fingerprint density at radius 3 is 2.12 bits per heavy atom. The van der Waals surface area contributed by atoms with Crippen LogP contribution in [0.5, 0.6) is 5.75 Å². The molecule has 2 rings (SSSR count). The van der Waals surface area contributed by atoms with Crippen molar-refractivity contribution in [3.05, 3.63) is 23.0 Å². The Morgan fingerprint density at radius 1 is 0.925 bits per heavy atom. The second-order valence-corrected chi connectivity index (χ2v) is 13.0. The van der Waals surface area contributed by atoms with E-state index in [1.165, 1.54) is 82.6 Å². The number of fused-ring (bicyclic) bond motifs is 1. The molecule has 0 radical (unpaired) electrons. The number of amides is 1. The zero-order valence-electron chi connectivity index (χ0n) is 27.0. The highest BCUT2D eigenvalue weighted by Gasteiger charge is 2.35. The Labute approximate surface area is 246 Å². The Bertz CT molecular complexity index is 857. The van der Waals surface area contributed by atoms with Crippen molar-refractivity contribution < 1.29 is 18.8 Å². The van der Waals surface area contributed by atoms with Crippen LogP contribution in [0, 0.1) is 6.92 Å². The van der Waals surface area contributed by atoms with Crippen LogP contribution in [0.2, 0.25) is 0 Å². The number of aryl methyl sites for hydroxylation is 1. The average molecular weight is 561 g/mol. The van der Waals surface area contributed by atoms with Gasteiger partial charge in [-0.3, -0.25) is 9.78 Å². The predicted octanol–water partition coefficient (Wildman–Crippen LogP) is 8.38. The van der Waals surface area contributed by atoms with Crippen LogP contribution in [0.3, 0.4) is 0 Å². The lowest BCUT2D eigenvalue weighted by atomic mass is 10.0. The lowest BCUT2D eigenvalue weighted by molar-refractivity contribution is -0.903. The highest BCUT2D eigenvalue weighted by atomic mass is 16.7. The molecular weight excluding hydrogens is 498 g/mol. The van der Waals surface area contributed by atoms with Gasteiger partial charge in [-0.2, -0.15) is 0 Å². The molecular formula is C34H62N3O3+. The molecule has 1 aliphatic heterocycles.